The Balaban J connectivity index is 2.62. The molecule has 1 rings (SSSR count). The van der Waals surface area contributed by atoms with Gasteiger partial charge in [0, 0.05) is 20.2 Å². The molecule has 1 saturated heterocycles. The molecule has 0 spiro atoms. The van der Waals surface area contributed by atoms with Gasteiger partial charge in [0.05, 0.1) is 12.5 Å². The van der Waals surface area contributed by atoms with Crippen molar-refractivity contribution >= 4 is 11.8 Å². The summed E-state index contributed by atoms with van der Waals surface area (Å²) in [6, 6.07) is -0.445. The Hall–Kier alpha value is -1.10. The lowest BCUT2D eigenvalue weighted by molar-refractivity contribution is -0.139. The van der Waals surface area contributed by atoms with Crippen LogP contribution in [0.25, 0.3) is 0 Å². The van der Waals surface area contributed by atoms with E-state index in [0.717, 1.165) is 19.4 Å². The lowest BCUT2D eigenvalue weighted by Crippen LogP contribution is -2.52. The van der Waals surface area contributed by atoms with E-state index in [-0.39, 0.29) is 23.7 Å². The van der Waals surface area contributed by atoms with E-state index in [9.17, 15) is 9.59 Å². The van der Waals surface area contributed by atoms with E-state index in [4.69, 9.17) is 4.74 Å². The van der Waals surface area contributed by atoms with Crippen molar-refractivity contribution < 1.29 is 14.3 Å². The first-order valence-electron chi connectivity index (χ1n) is 7.10. The molecule has 1 N–H and O–H groups in total. The van der Waals surface area contributed by atoms with Gasteiger partial charge in [0.1, 0.15) is 6.04 Å². The minimum Gasteiger partial charge on any atom is -0.381 e. The van der Waals surface area contributed by atoms with E-state index in [0.29, 0.717) is 13.2 Å². The normalized spacial score (nSPS) is 21.0. The van der Waals surface area contributed by atoms with Crippen molar-refractivity contribution in [3.05, 3.63) is 0 Å². The van der Waals surface area contributed by atoms with Gasteiger partial charge in [-0.3, -0.25) is 9.59 Å². The second-order valence-corrected chi connectivity index (χ2v) is 5.50. The number of rotatable bonds is 5. The number of ether oxygens (including phenoxy) is 1. The van der Waals surface area contributed by atoms with Gasteiger partial charge in [0.2, 0.25) is 11.8 Å². The van der Waals surface area contributed by atoms with Crippen LogP contribution < -0.4 is 5.32 Å². The average Bonchev–Trinajstić information content (AvgIpc) is 2.43. The van der Waals surface area contributed by atoms with Crippen LogP contribution in [-0.2, 0) is 14.3 Å². The van der Waals surface area contributed by atoms with Crippen LogP contribution in [0, 0.1) is 11.8 Å². The molecule has 0 aromatic carbocycles. The van der Waals surface area contributed by atoms with Crippen molar-refractivity contribution in [1.82, 2.24) is 10.2 Å². The third-order valence-corrected chi connectivity index (χ3v) is 3.61. The Kier molecular flexibility index (Phi) is 6.28. The molecule has 2 atom stereocenters. The second kappa shape index (κ2) is 7.48. The zero-order valence-corrected chi connectivity index (χ0v) is 12.4. The molecular weight excluding hydrogens is 244 g/mol. The summed E-state index contributed by atoms with van der Waals surface area (Å²) in [7, 11) is 1.76. The second-order valence-electron chi connectivity index (χ2n) is 5.50. The smallest absolute Gasteiger partial charge is 0.245 e. The summed E-state index contributed by atoms with van der Waals surface area (Å²) in [5, 5.41) is 2.89. The van der Waals surface area contributed by atoms with Crippen molar-refractivity contribution in [3.8, 4) is 0 Å². The van der Waals surface area contributed by atoms with Crippen molar-refractivity contribution in [3.63, 3.8) is 0 Å². The summed E-state index contributed by atoms with van der Waals surface area (Å²) in [6.45, 7) is 7.66. The molecule has 1 aliphatic rings. The number of likely N-dealkylation sites (N-methyl/N-ethyl adjacent to an activating group) is 1. The van der Waals surface area contributed by atoms with Gasteiger partial charge in [-0.25, -0.2) is 0 Å². The minimum absolute atomic E-state index is 0.0254. The van der Waals surface area contributed by atoms with Gasteiger partial charge in [-0.05, 0) is 25.7 Å². The molecule has 0 aliphatic carbocycles. The molecule has 0 radical (unpaired) electrons. The quantitative estimate of drug-likeness (QED) is 0.812. The van der Waals surface area contributed by atoms with E-state index in [1.807, 2.05) is 20.8 Å². The molecule has 2 amide bonds. The fraction of sp³-hybridized carbons (Fsp3) is 0.857. The van der Waals surface area contributed by atoms with Crippen molar-refractivity contribution in [2.24, 2.45) is 11.8 Å². The molecule has 1 fully saturated rings. The molecule has 0 aromatic heterocycles. The molecule has 0 saturated carbocycles. The molecule has 5 heteroatoms. The summed E-state index contributed by atoms with van der Waals surface area (Å²) < 4.78 is 5.32. The van der Waals surface area contributed by atoms with Crippen LogP contribution in [0.15, 0.2) is 0 Å². The van der Waals surface area contributed by atoms with Crippen LogP contribution in [0.5, 0.6) is 0 Å². The van der Waals surface area contributed by atoms with Crippen LogP contribution in [0.2, 0.25) is 0 Å². The third-order valence-electron chi connectivity index (χ3n) is 3.61. The zero-order valence-electron chi connectivity index (χ0n) is 12.4. The number of nitrogens with one attached hydrogen (secondary N) is 1. The Labute approximate surface area is 115 Å². The largest absolute Gasteiger partial charge is 0.381 e. The monoisotopic (exact) mass is 270 g/mol. The van der Waals surface area contributed by atoms with E-state index in [1.54, 1.807) is 11.9 Å². The topological polar surface area (TPSA) is 58.6 Å². The molecule has 1 aliphatic heterocycles. The Bertz CT molecular complexity index is 312. The van der Waals surface area contributed by atoms with Gasteiger partial charge in [-0.2, -0.15) is 0 Å². The highest BCUT2D eigenvalue weighted by molar-refractivity contribution is 5.88. The Morgan fingerprint density at radius 3 is 2.58 bits per heavy atom. The van der Waals surface area contributed by atoms with Crippen LogP contribution in [-0.4, -0.2) is 49.6 Å². The number of carbonyl (C=O) groups excluding carboxylic acids is 2. The first-order chi connectivity index (χ1) is 8.97. The van der Waals surface area contributed by atoms with E-state index in [2.05, 4.69) is 5.32 Å². The van der Waals surface area contributed by atoms with Gasteiger partial charge in [-0.1, -0.05) is 13.8 Å². The average molecular weight is 270 g/mol. The highest BCUT2D eigenvalue weighted by Crippen LogP contribution is 2.15. The van der Waals surface area contributed by atoms with Crippen LogP contribution in [0.1, 0.15) is 33.6 Å². The van der Waals surface area contributed by atoms with Crippen molar-refractivity contribution in [2.75, 3.05) is 26.8 Å². The first kappa shape index (κ1) is 16.0. The molecular formula is C14H26N2O3. The number of amides is 2. The molecule has 1 heterocycles. The SMILES string of the molecule is CCN(C)C(=O)[C@@H](NC(=O)[C@@H]1CCCOC1)C(C)C. The maximum Gasteiger partial charge on any atom is 0.245 e. The van der Waals surface area contributed by atoms with Crippen LogP contribution in [0.4, 0.5) is 0 Å². The fourth-order valence-corrected chi connectivity index (χ4v) is 2.13. The summed E-state index contributed by atoms with van der Waals surface area (Å²) in [5.74, 6) is -0.122. The maximum atomic E-state index is 12.2. The van der Waals surface area contributed by atoms with E-state index in [1.165, 1.54) is 0 Å². The molecule has 5 nitrogen and oxygen atoms in total. The molecule has 110 valence electrons. The van der Waals surface area contributed by atoms with Crippen molar-refractivity contribution in [1.29, 1.82) is 0 Å². The standard InChI is InChI=1S/C14H26N2O3/c1-5-16(4)14(18)12(10(2)3)15-13(17)11-7-6-8-19-9-11/h10-12H,5-9H2,1-4H3,(H,15,17)/t11-,12+/m1/s1. The predicted octanol–water partition coefficient (Wildman–Crippen LogP) is 1.03. The van der Waals surface area contributed by atoms with Crippen molar-refractivity contribution in [2.45, 2.75) is 39.7 Å². The van der Waals surface area contributed by atoms with Gasteiger partial charge in [0.15, 0.2) is 0 Å². The summed E-state index contributed by atoms with van der Waals surface area (Å²) in [5.41, 5.74) is 0. The molecule has 19 heavy (non-hydrogen) atoms. The summed E-state index contributed by atoms with van der Waals surface area (Å²) in [4.78, 5) is 26.0. The van der Waals surface area contributed by atoms with Crippen LogP contribution >= 0.6 is 0 Å². The fourth-order valence-electron chi connectivity index (χ4n) is 2.13. The van der Waals surface area contributed by atoms with Gasteiger partial charge < -0.3 is 15.0 Å². The third kappa shape index (κ3) is 4.49. The molecule has 0 unspecified atom stereocenters. The van der Waals surface area contributed by atoms with Gasteiger partial charge in [0.25, 0.3) is 0 Å². The van der Waals surface area contributed by atoms with Crippen LogP contribution in [0.3, 0.4) is 0 Å². The highest BCUT2D eigenvalue weighted by Gasteiger charge is 2.30. The van der Waals surface area contributed by atoms with E-state index >= 15 is 0 Å². The zero-order chi connectivity index (χ0) is 14.4. The number of carbonyl (C=O) groups is 2. The Morgan fingerprint density at radius 1 is 1.42 bits per heavy atom. The maximum absolute atomic E-state index is 12.2. The summed E-state index contributed by atoms with van der Waals surface area (Å²) in [6.07, 6.45) is 1.75. The van der Waals surface area contributed by atoms with Gasteiger partial charge >= 0.3 is 0 Å². The number of hydrogen-bond acceptors (Lipinski definition) is 3. The highest BCUT2D eigenvalue weighted by atomic mass is 16.5. The lowest BCUT2D eigenvalue weighted by Gasteiger charge is -2.29. The molecule has 0 bridgehead atoms. The number of nitrogens with zero attached hydrogens (tertiary/aromatic N) is 1. The Morgan fingerprint density at radius 2 is 2.11 bits per heavy atom. The lowest BCUT2D eigenvalue weighted by atomic mass is 9.98. The summed E-state index contributed by atoms with van der Waals surface area (Å²) >= 11 is 0. The van der Waals surface area contributed by atoms with Gasteiger partial charge in [-0.15, -0.1) is 0 Å². The first-order valence-corrected chi connectivity index (χ1v) is 7.10. The number of hydrogen-bond donors (Lipinski definition) is 1. The predicted molar refractivity (Wildman–Crippen MR) is 73.6 cm³/mol. The van der Waals surface area contributed by atoms with E-state index < -0.39 is 6.04 Å². The molecule has 0 aromatic rings. The minimum atomic E-state index is -0.445.